The van der Waals surface area contributed by atoms with E-state index < -0.39 is 0 Å². The van der Waals surface area contributed by atoms with E-state index >= 15 is 0 Å². The minimum absolute atomic E-state index is 0.841. The molecule has 0 spiro atoms. The van der Waals surface area contributed by atoms with E-state index in [-0.39, 0.29) is 0 Å². The second kappa shape index (κ2) is 12.8. The molecule has 0 saturated carbocycles. The molecule has 0 radical (unpaired) electrons. The average Bonchev–Trinajstić information content (AvgIpc) is 3.61. The van der Waals surface area contributed by atoms with Gasteiger partial charge < -0.3 is 0 Å². The van der Waals surface area contributed by atoms with Crippen LogP contribution in [-0.2, 0) is 6.42 Å². The lowest BCUT2D eigenvalue weighted by Crippen LogP contribution is -2.01. The van der Waals surface area contributed by atoms with Crippen molar-refractivity contribution in [2.75, 3.05) is 0 Å². The van der Waals surface area contributed by atoms with Crippen LogP contribution in [0.5, 0.6) is 0 Å². The first-order chi connectivity index (χ1) is 26.3. The first kappa shape index (κ1) is 31.0. The van der Waals surface area contributed by atoms with Gasteiger partial charge >= 0.3 is 0 Å². The van der Waals surface area contributed by atoms with Crippen LogP contribution in [0.2, 0.25) is 0 Å². The number of imidazole rings is 1. The quantitative estimate of drug-likeness (QED) is 0.160. The molecule has 0 aliphatic heterocycles. The van der Waals surface area contributed by atoms with Crippen molar-refractivity contribution in [3.05, 3.63) is 194 Å². The van der Waals surface area contributed by atoms with Crippen LogP contribution >= 0.6 is 0 Å². The molecule has 0 amide bonds. The van der Waals surface area contributed by atoms with E-state index in [9.17, 15) is 0 Å². The Morgan fingerprint density at radius 2 is 0.962 bits per heavy atom. The van der Waals surface area contributed by atoms with E-state index in [0.29, 0.717) is 0 Å². The van der Waals surface area contributed by atoms with Crippen molar-refractivity contribution in [2.24, 2.45) is 0 Å². The molecule has 0 saturated heterocycles. The van der Waals surface area contributed by atoms with Gasteiger partial charge in [0.2, 0.25) is 0 Å². The molecule has 0 aliphatic carbocycles. The van der Waals surface area contributed by atoms with Crippen LogP contribution in [0, 0.1) is 0 Å². The molecule has 0 bridgehead atoms. The zero-order chi connectivity index (χ0) is 35.3. The van der Waals surface area contributed by atoms with Crippen LogP contribution in [0.25, 0.3) is 93.5 Å². The molecule has 1 heterocycles. The molecule has 0 unspecified atom stereocenters. The number of hydrogen-bond acceptors (Lipinski definition) is 1. The van der Waals surface area contributed by atoms with Crippen molar-refractivity contribution in [2.45, 2.75) is 13.3 Å². The Labute approximate surface area is 309 Å². The predicted octanol–water partition coefficient (Wildman–Crippen LogP) is 13.7. The Bertz CT molecular complexity index is 2970. The molecule has 2 nitrogen and oxygen atoms in total. The van der Waals surface area contributed by atoms with E-state index in [1.807, 2.05) is 0 Å². The predicted molar refractivity (Wildman–Crippen MR) is 225 cm³/mol. The molecule has 0 N–H and O–H groups in total. The summed E-state index contributed by atoms with van der Waals surface area (Å²) in [5.41, 5.74) is 13.1. The number of para-hydroxylation sites is 2. The van der Waals surface area contributed by atoms with Gasteiger partial charge in [-0.3, -0.25) is 4.57 Å². The number of hydrogen-bond donors (Lipinski definition) is 0. The maximum atomic E-state index is 5.05. The van der Waals surface area contributed by atoms with Crippen LogP contribution in [-0.4, -0.2) is 9.55 Å². The maximum absolute atomic E-state index is 5.05. The van der Waals surface area contributed by atoms with Gasteiger partial charge in [-0.15, -0.1) is 0 Å². The van der Waals surface area contributed by atoms with Crippen molar-refractivity contribution >= 4 is 43.4 Å². The molecular weight excluding hydrogens is 641 g/mol. The number of benzene rings is 9. The molecule has 9 aromatic carbocycles. The van der Waals surface area contributed by atoms with Gasteiger partial charge in [-0.05, 0) is 95.7 Å². The van der Waals surface area contributed by atoms with Crippen LogP contribution < -0.4 is 0 Å². The fourth-order valence-corrected chi connectivity index (χ4v) is 8.42. The van der Waals surface area contributed by atoms with Crippen LogP contribution in [0.3, 0.4) is 0 Å². The molecule has 53 heavy (non-hydrogen) atoms. The largest absolute Gasteiger partial charge is 0.296 e. The average molecular weight is 677 g/mol. The summed E-state index contributed by atoms with van der Waals surface area (Å²) in [5, 5.41) is 7.39. The number of fused-ring (bicyclic) bond motifs is 4. The molecule has 0 fully saturated rings. The van der Waals surface area contributed by atoms with Gasteiger partial charge in [0.1, 0.15) is 5.82 Å². The second-order valence-corrected chi connectivity index (χ2v) is 13.7. The summed E-state index contributed by atoms with van der Waals surface area (Å²) in [5.74, 6) is 1.06. The fourth-order valence-electron chi connectivity index (χ4n) is 8.42. The fraction of sp³-hybridized carbons (Fsp3) is 0.0392. The van der Waals surface area contributed by atoms with E-state index in [2.05, 4.69) is 200 Å². The molecule has 2 heteroatoms. The normalized spacial score (nSPS) is 11.6. The van der Waals surface area contributed by atoms with Gasteiger partial charge in [0.25, 0.3) is 0 Å². The summed E-state index contributed by atoms with van der Waals surface area (Å²) in [6.45, 7) is 2.19. The van der Waals surface area contributed by atoms with Gasteiger partial charge in [-0.2, -0.15) is 0 Å². The summed E-state index contributed by atoms with van der Waals surface area (Å²) in [7, 11) is 0. The number of aryl methyl sites for hydroxylation is 1. The van der Waals surface area contributed by atoms with Crippen LogP contribution in [0.1, 0.15) is 12.7 Å². The third-order valence-electron chi connectivity index (χ3n) is 10.8. The summed E-state index contributed by atoms with van der Waals surface area (Å²) < 4.78 is 2.36. The molecule has 0 atom stereocenters. The van der Waals surface area contributed by atoms with Gasteiger partial charge in [0.15, 0.2) is 0 Å². The zero-order valence-corrected chi connectivity index (χ0v) is 29.5. The molecular formula is C51H36N2. The molecule has 250 valence electrons. The van der Waals surface area contributed by atoms with Crippen molar-refractivity contribution in [3.8, 4) is 50.2 Å². The highest BCUT2D eigenvalue weighted by molar-refractivity contribution is 6.25. The van der Waals surface area contributed by atoms with Gasteiger partial charge in [0.05, 0.1) is 16.7 Å². The minimum atomic E-state index is 0.841. The summed E-state index contributed by atoms with van der Waals surface area (Å²) in [6.07, 6.45) is 0.841. The van der Waals surface area contributed by atoms with Crippen molar-refractivity contribution in [3.63, 3.8) is 0 Å². The highest BCUT2D eigenvalue weighted by Gasteiger charge is 2.22. The molecule has 1 aromatic heterocycles. The number of aromatic nitrogens is 2. The Hall–Kier alpha value is -6.77. The Morgan fingerprint density at radius 1 is 0.396 bits per heavy atom. The van der Waals surface area contributed by atoms with Gasteiger partial charge in [0, 0.05) is 11.8 Å². The first-order valence-corrected chi connectivity index (χ1v) is 18.5. The van der Waals surface area contributed by atoms with Crippen molar-refractivity contribution in [1.29, 1.82) is 0 Å². The third-order valence-corrected chi connectivity index (χ3v) is 10.8. The zero-order valence-electron chi connectivity index (χ0n) is 29.5. The Kier molecular flexibility index (Phi) is 7.47. The lowest BCUT2D eigenvalue weighted by atomic mass is 9.82. The van der Waals surface area contributed by atoms with E-state index in [0.717, 1.165) is 29.0 Å². The smallest absolute Gasteiger partial charge is 0.114 e. The molecule has 0 aliphatic rings. The SMILES string of the molecule is CCc1nc2ccccc2n1-c1ccc(-c2c3ccccc3c(-c3ccccc3-c3ccccc3)c3ccc(-c4ccccc4)cc23)c2ccccc12. The van der Waals surface area contributed by atoms with Crippen molar-refractivity contribution in [1.82, 2.24) is 9.55 Å². The third kappa shape index (κ3) is 5.06. The second-order valence-electron chi connectivity index (χ2n) is 13.7. The highest BCUT2D eigenvalue weighted by atomic mass is 15.1. The molecule has 10 rings (SSSR count). The number of nitrogens with zero attached hydrogens (tertiary/aromatic N) is 2. The number of rotatable bonds is 6. The molecule has 10 aromatic rings. The highest BCUT2D eigenvalue weighted by Crippen LogP contribution is 2.48. The standard InChI is InChI=1S/C51H36N2/c1-2-49-52-46-27-15-16-28-48(46)53(49)47-32-31-43(38-22-10-11-23-39(38)47)51-42-26-14-13-25-41(42)50(40-24-12-9-21-37(40)35-19-7-4-8-20-35)44-30-29-36(33-45(44)51)34-17-5-3-6-18-34/h3-33H,2H2,1H3. The van der Waals surface area contributed by atoms with Crippen molar-refractivity contribution < 1.29 is 0 Å². The monoisotopic (exact) mass is 676 g/mol. The van der Waals surface area contributed by atoms with Gasteiger partial charge in [-0.25, -0.2) is 4.98 Å². The van der Waals surface area contributed by atoms with E-state index in [1.165, 1.54) is 76.8 Å². The van der Waals surface area contributed by atoms with Gasteiger partial charge in [-0.1, -0.05) is 171 Å². The maximum Gasteiger partial charge on any atom is 0.114 e. The minimum Gasteiger partial charge on any atom is -0.296 e. The topological polar surface area (TPSA) is 17.8 Å². The lowest BCUT2D eigenvalue weighted by molar-refractivity contribution is 0.913. The first-order valence-electron chi connectivity index (χ1n) is 18.5. The summed E-state index contributed by atoms with van der Waals surface area (Å²) in [6, 6.07) is 68.5. The van der Waals surface area contributed by atoms with E-state index in [1.54, 1.807) is 0 Å². The lowest BCUT2D eigenvalue weighted by Gasteiger charge is -2.22. The summed E-state index contributed by atoms with van der Waals surface area (Å²) >= 11 is 0. The van der Waals surface area contributed by atoms with Crippen LogP contribution in [0.4, 0.5) is 0 Å². The summed E-state index contributed by atoms with van der Waals surface area (Å²) in [4.78, 5) is 5.05. The Balaban J connectivity index is 1.33. The Morgan fingerprint density at radius 3 is 1.70 bits per heavy atom. The van der Waals surface area contributed by atoms with Crippen LogP contribution in [0.15, 0.2) is 188 Å². The van der Waals surface area contributed by atoms with E-state index in [4.69, 9.17) is 4.98 Å².